The molecule has 7 nitrogen and oxygen atoms in total. The van der Waals surface area contributed by atoms with Crippen LogP contribution < -0.4 is 4.74 Å². The van der Waals surface area contributed by atoms with E-state index in [9.17, 15) is 18.0 Å². The third-order valence-corrected chi connectivity index (χ3v) is 6.73. The molecule has 0 unspecified atom stereocenters. The fourth-order valence-electron chi connectivity index (χ4n) is 3.52. The molecule has 4 rings (SSSR count). The first-order chi connectivity index (χ1) is 14.4. The number of furan rings is 1. The molecule has 1 atom stereocenters. The van der Waals surface area contributed by atoms with Crippen LogP contribution in [0.3, 0.4) is 0 Å². The van der Waals surface area contributed by atoms with Crippen molar-refractivity contribution in [1.29, 1.82) is 0 Å². The standard InChI is InChI=1S/C22H20O7S/c1-2-27-22(24)19-17-12-16(28-21(23)15-10-11-30(25,26)13-15)8-9-18(17)29-20(19)14-6-4-3-5-7-14/h3-9,12,15H,2,10-11,13H2,1H3/t15-/m1/s1. The molecule has 8 heteroatoms. The van der Waals surface area contributed by atoms with Gasteiger partial charge in [0.1, 0.15) is 22.7 Å². The summed E-state index contributed by atoms with van der Waals surface area (Å²) in [5.74, 6) is -1.45. The lowest BCUT2D eigenvalue weighted by Gasteiger charge is -2.08. The lowest BCUT2D eigenvalue weighted by molar-refractivity contribution is -0.138. The zero-order chi connectivity index (χ0) is 21.3. The quantitative estimate of drug-likeness (QED) is 0.452. The Labute approximate surface area is 173 Å². The van der Waals surface area contributed by atoms with Crippen LogP contribution in [0.15, 0.2) is 52.9 Å². The second kappa shape index (κ2) is 7.95. The zero-order valence-corrected chi connectivity index (χ0v) is 17.1. The van der Waals surface area contributed by atoms with Gasteiger partial charge in [-0.25, -0.2) is 13.2 Å². The highest BCUT2D eigenvalue weighted by molar-refractivity contribution is 7.91. The number of hydrogen-bond acceptors (Lipinski definition) is 7. The molecule has 1 aliphatic rings. The van der Waals surface area contributed by atoms with E-state index in [2.05, 4.69) is 0 Å². The van der Waals surface area contributed by atoms with E-state index in [0.29, 0.717) is 22.3 Å². The molecule has 0 amide bonds. The van der Waals surface area contributed by atoms with Gasteiger partial charge in [0.15, 0.2) is 9.84 Å². The lowest BCUT2D eigenvalue weighted by Crippen LogP contribution is -2.21. The minimum Gasteiger partial charge on any atom is -0.462 e. The third kappa shape index (κ3) is 3.95. The van der Waals surface area contributed by atoms with Crippen LogP contribution in [0.2, 0.25) is 0 Å². The van der Waals surface area contributed by atoms with Crippen molar-refractivity contribution in [1.82, 2.24) is 0 Å². The van der Waals surface area contributed by atoms with Crippen LogP contribution in [0.5, 0.6) is 5.75 Å². The van der Waals surface area contributed by atoms with E-state index in [1.807, 2.05) is 30.3 Å². The van der Waals surface area contributed by atoms with Crippen molar-refractivity contribution in [2.75, 3.05) is 18.1 Å². The number of carbonyl (C=O) groups excluding carboxylic acids is 2. The Morgan fingerprint density at radius 3 is 2.57 bits per heavy atom. The van der Waals surface area contributed by atoms with Crippen LogP contribution >= 0.6 is 0 Å². The number of hydrogen-bond donors (Lipinski definition) is 0. The smallest absolute Gasteiger partial charge is 0.342 e. The summed E-state index contributed by atoms with van der Waals surface area (Å²) in [7, 11) is -3.20. The first kappa shape index (κ1) is 20.2. The maximum absolute atomic E-state index is 12.7. The second-order valence-corrected chi connectivity index (χ2v) is 9.30. The average Bonchev–Trinajstić information content (AvgIpc) is 3.28. The van der Waals surface area contributed by atoms with Crippen LogP contribution in [0, 0.1) is 5.92 Å². The normalized spacial score (nSPS) is 17.7. The van der Waals surface area contributed by atoms with E-state index in [-0.39, 0.29) is 35.8 Å². The summed E-state index contributed by atoms with van der Waals surface area (Å²) in [6, 6.07) is 13.9. The van der Waals surface area contributed by atoms with Crippen LogP contribution in [-0.2, 0) is 19.4 Å². The Balaban J connectivity index is 1.72. The highest BCUT2D eigenvalue weighted by Gasteiger charge is 2.34. The van der Waals surface area contributed by atoms with E-state index in [1.165, 1.54) is 0 Å². The maximum Gasteiger partial charge on any atom is 0.342 e. The van der Waals surface area contributed by atoms with Gasteiger partial charge in [-0.3, -0.25) is 4.79 Å². The van der Waals surface area contributed by atoms with Gasteiger partial charge in [0.25, 0.3) is 0 Å². The van der Waals surface area contributed by atoms with Crippen LogP contribution in [0.1, 0.15) is 23.7 Å². The van der Waals surface area contributed by atoms with E-state index < -0.39 is 27.7 Å². The van der Waals surface area contributed by atoms with E-state index in [1.54, 1.807) is 25.1 Å². The van der Waals surface area contributed by atoms with Gasteiger partial charge >= 0.3 is 11.9 Å². The molecular weight excluding hydrogens is 408 g/mol. The molecule has 2 heterocycles. The van der Waals surface area contributed by atoms with Gasteiger partial charge in [0, 0.05) is 10.9 Å². The molecule has 0 bridgehead atoms. The van der Waals surface area contributed by atoms with Crippen molar-refractivity contribution >= 4 is 32.7 Å². The van der Waals surface area contributed by atoms with Gasteiger partial charge in [-0.15, -0.1) is 0 Å². The molecule has 0 spiro atoms. The van der Waals surface area contributed by atoms with E-state index in [0.717, 1.165) is 0 Å². The Bertz CT molecular complexity index is 1210. The fourth-order valence-corrected chi connectivity index (χ4v) is 5.25. The molecule has 0 saturated carbocycles. The zero-order valence-electron chi connectivity index (χ0n) is 16.3. The SMILES string of the molecule is CCOC(=O)c1c(-c2ccccc2)oc2ccc(OC(=O)[C@@H]3CCS(=O)(=O)C3)cc12. The number of sulfone groups is 1. The Morgan fingerprint density at radius 2 is 1.90 bits per heavy atom. The van der Waals surface area contributed by atoms with Gasteiger partial charge in [-0.1, -0.05) is 30.3 Å². The first-order valence-electron chi connectivity index (χ1n) is 9.59. The third-order valence-electron chi connectivity index (χ3n) is 4.96. The summed E-state index contributed by atoms with van der Waals surface area (Å²) >= 11 is 0. The Morgan fingerprint density at radius 1 is 1.13 bits per heavy atom. The van der Waals surface area contributed by atoms with Gasteiger partial charge in [-0.2, -0.15) is 0 Å². The van der Waals surface area contributed by atoms with Crippen molar-refractivity contribution < 1.29 is 31.9 Å². The average molecular weight is 428 g/mol. The summed E-state index contributed by atoms with van der Waals surface area (Å²) < 4.78 is 39.8. The monoisotopic (exact) mass is 428 g/mol. The maximum atomic E-state index is 12.7. The van der Waals surface area contributed by atoms with Gasteiger partial charge in [-0.05, 0) is 31.5 Å². The number of esters is 2. The topological polar surface area (TPSA) is 99.9 Å². The Hall–Kier alpha value is -3.13. The molecular formula is C22H20O7S. The van der Waals surface area contributed by atoms with Crippen molar-refractivity contribution in [2.45, 2.75) is 13.3 Å². The molecule has 1 fully saturated rings. The number of carbonyl (C=O) groups is 2. The number of ether oxygens (including phenoxy) is 2. The van der Waals surface area contributed by atoms with Crippen molar-refractivity contribution in [2.24, 2.45) is 5.92 Å². The summed E-state index contributed by atoms with van der Waals surface area (Å²) in [5, 5.41) is 0.455. The molecule has 30 heavy (non-hydrogen) atoms. The Kier molecular flexibility index (Phi) is 5.34. The van der Waals surface area contributed by atoms with Crippen LogP contribution in [-0.4, -0.2) is 38.5 Å². The first-order valence-corrected chi connectivity index (χ1v) is 11.4. The van der Waals surface area contributed by atoms with Gasteiger partial charge < -0.3 is 13.9 Å². The highest BCUT2D eigenvalue weighted by atomic mass is 32.2. The molecule has 1 saturated heterocycles. The molecule has 2 aromatic carbocycles. The molecule has 3 aromatic rings. The summed E-state index contributed by atoms with van der Waals surface area (Å²) in [4.78, 5) is 25.1. The molecule has 0 N–H and O–H groups in total. The van der Waals surface area contributed by atoms with Crippen molar-refractivity contribution in [3.63, 3.8) is 0 Å². The number of fused-ring (bicyclic) bond motifs is 1. The molecule has 0 radical (unpaired) electrons. The minimum absolute atomic E-state index is 0.0129. The summed E-state index contributed by atoms with van der Waals surface area (Å²) in [5.41, 5.74) is 1.41. The highest BCUT2D eigenvalue weighted by Crippen LogP contribution is 2.36. The number of rotatable bonds is 5. The second-order valence-electron chi connectivity index (χ2n) is 7.07. The summed E-state index contributed by atoms with van der Waals surface area (Å²) in [6.45, 7) is 1.91. The van der Waals surface area contributed by atoms with Crippen LogP contribution in [0.4, 0.5) is 0 Å². The predicted molar refractivity (Wildman–Crippen MR) is 110 cm³/mol. The van der Waals surface area contributed by atoms with Crippen molar-refractivity contribution in [3.05, 3.63) is 54.1 Å². The predicted octanol–water partition coefficient (Wildman–Crippen LogP) is 3.62. The van der Waals surface area contributed by atoms with Crippen molar-refractivity contribution in [3.8, 4) is 17.1 Å². The summed E-state index contributed by atoms with van der Waals surface area (Å²) in [6.07, 6.45) is 0.251. The molecule has 1 aromatic heterocycles. The molecule has 1 aliphatic heterocycles. The van der Waals surface area contributed by atoms with Gasteiger partial charge in [0.2, 0.25) is 0 Å². The lowest BCUT2D eigenvalue weighted by atomic mass is 10.1. The largest absolute Gasteiger partial charge is 0.462 e. The number of benzene rings is 2. The minimum atomic E-state index is -3.20. The van der Waals surface area contributed by atoms with Gasteiger partial charge in [0.05, 0.1) is 24.0 Å². The fraction of sp³-hybridized carbons (Fsp3) is 0.273. The molecule has 0 aliphatic carbocycles. The van der Waals surface area contributed by atoms with E-state index in [4.69, 9.17) is 13.9 Å². The van der Waals surface area contributed by atoms with E-state index >= 15 is 0 Å². The molecule has 156 valence electrons. The van der Waals surface area contributed by atoms with Crippen LogP contribution in [0.25, 0.3) is 22.3 Å².